The molecule has 0 unspecified atom stereocenters. The van der Waals surface area contributed by atoms with E-state index in [9.17, 15) is 4.79 Å². The lowest BCUT2D eigenvalue weighted by atomic mass is 9.91. The Balaban J connectivity index is 2.61. The molecule has 1 aliphatic rings. The van der Waals surface area contributed by atoms with E-state index in [1.807, 2.05) is 0 Å². The molecule has 0 aromatic rings. The standard InChI is InChI=1S/C9H13NO2/c1-3-9(10-8(2)11)4-6-12-7-5-9/h1H,4-7H2,2H3,(H,10,11). The first-order chi connectivity index (χ1) is 5.68. The molecular formula is C9H13NO2. The summed E-state index contributed by atoms with van der Waals surface area (Å²) >= 11 is 0. The van der Waals surface area contributed by atoms with E-state index in [0.29, 0.717) is 26.1 Å². The molecule has 1 amide bonds. The summed E-state index contributed by atoms with van der Waals surface area (Å²) in [7, 11) is 0. The zero-order chi connectivity index (χ0) is 9.03. The van der Waals surface area contributed by atoms with Crippen LogP contribution in [-0.4, -0.2) is 24.7 Å². The zero-order valence-corrected chi connectivity index (χ0v) is 7.22. The number of nitrogens with one attached hydrogen (secondary N) is 1. The highest BCUT2D eigenvalue weighted by molar-refractivity contribution is 5.74. The molecule has 0 aromatic carbocycles. The van der Waals surface area contributed by atoms with E-state index in [1.165, 1.54) is 6.92 Å². The largest absolute Gasteiger partial charge is 0.381 e. The minimum absolute atomic E-state index is 0.0742. The average molecular weight is 167 g/mol. The summed E-state index contributed by atoms with van der Waals surface area (Å²) in [5, 5.41) is 2.79. The van der Waals surface area contributed by atoms with Crippen LogP contribution in [-0.2, 0) is 9.53 Å². The van der Waals surface area contributed by atoms with E-state index in [4.69, 9.17) is 11.2 Å². The highest BCUT2D eigenvalue weighted by Crippen LogP contribution is 2.19. The third kappa shape index (κ3) is 1.99. The molecular weight excluding hydrogens is 154 g/mol. The van der Waals surface area contributed by atoms with Crippen LogP contribution in [0.15, 0.2) is 0 Å². The summed E-state index contributed by atoms with van der Waals surface area (Å²) in [5.41, 5.74) is -0.454. The van der Waals surface area contributed by atoms with E-state index in [2.05, 4.69) is 11.2 Å². The Morgan fingerprint density at radius 3 is 2.58 bits per heavy atom. The lowest BCUT2D eigenvalue weighted by molar-refractivity contribution is -0.121. The fourth-order valence-corrected chi connectivity index (χ4v) is 1.36. The number of ether oxygens (including phenoxy) is 1. The summed E-state index contributed by atoms with van der Waals surface area (Å²) < 4.78 is 5.16. The van der Waals surface area contributed by atoms with Gasteiger partial charge in [0.15, 0.2) is 0 Å². The summed E-state index contributed by atoms with van der Waals surface area (Å²) in [6, 6.07) is 0. The van der Waals surface area contributed by atoms with Gasteiger partial charge in [-0.05, 0) is 0 Å². The van der Waals surface area contributed by atoms with Gasteiger partial charge >= 0.3 is 0 Å². The predicted molar refractivity (Wildman–Crippen MR) is 45.4 cm³/mol. The fourth-order valence-electron chi connectivity index (χ4n) is 1.36. The number of terminal acetylenes is 1. The van der Waals surface area contributed by atoms with E-state index < -0.39 is 5.54 Å². The Hall–Kier alpha value is -1.01. The van der Waals surface area contributed by atoms with Crippen molar-refractivity contribution in [1.82, 2.24) is 5.32 Å². The molecule has 1 saturated heterocycles. The van der Waals surface area contributed by atoms with E-state index in [-0.39, 0.29) is 5.91 Å². The van der Waals surface area contributed by atoms with Crippen LogP contribution in [0.3, 0.4) is 0 Å². The van der Waals surface area contributed by atoms with E-state index >= 15 is 0 Å². The number of carbonyl (C=O) groups is 1. The Kier molecular flexibility index (Phi) is 2.72. The molecule has 12 heavy (non-hydrogen) atoms. The second kappa shape index (κ2) is 3.59. The van der Waals surface area contributed by atoms with Crippen molar-refractivity contribution >= 4 is 5.91 Å². The normalized spacial score (nSPS) is 21.0. The number of carbonyl (C=O) groups excluding carboxylic acids is 1. The first-order valence-electron chi connectivity index (χ1n) is 4.03. The Morgan fingerprint density at radius 1 is 1.58 bits per heavy atom. The highest BCUT2D eigenvalue weighted by Gasteiger charge is 2.30. The minimum Gasteiger partial charge on any atom is -0.381 e. The minimum atomic E-state index is -0.454. The summed E-state index contributed by atoms with van der Waals surface area (Å²) in [6.45, 7) is 2.74. The Bertz CT molecular complexity index is 211. The molecule has 0 spiro atoms. The van der Waals surface area contributed by atoms with Gasteiger partial charge in [-0.15, -0.1) is 6.42 Å². The lowest BCUT2D eigenvalue weighted by Gasteiger charge is -2.32. The smallest absolute Gasteiger partial charge is 0.218 e. The lowest BCUT2D eigenvalue weighted by Crippen LogP contribution is -2.50. The maximum atomic E-state index is 10.8. The summed E-state index contributed by atoms with van der Waals surface area (Å²) in [6.07, 6.45) is 6.79. The molecule has 0 saturated carbocycles. The molecule has 1 heterocycles. The first kappa shape index (κ1) is 9.08. The molecule has 1 aliphatic heterocycles. The van der Waals surface area contributed by atoms with Crippen molar-refractivity contribution in [3.05, 3.63) is 0 Å². The molecule has 3 heteroatoms. The van der Waals surface area contributed by atoms with Crippen LogP contribution in [0, 0.1) is 12.3 Å². The van der Waals surface area contributed by atoms with Crippen LogP contribution >= 0.6 is 0 Å². The predicted octanol–water partition coefficient (Wildman–Crippen LogP) is 0.305. The number of hydrogen-bond acceptors (Lipinski definition) is 2. The third-order valence-corrected chi connectivity index (χ3v) is 2.04. The number of rotatable bonds is 1. The number of hydrogen-bond donors (Lipinski definition) is 1. The molecule has 0 bridgehead atoms. The van der Waals surface area contributed by atoms with Crippen molar-refractivity contribution in [1.29, 1.82) is 0 Å². The molecule has 0 aromatic heterocycles. The SMILES string of the molecule is C#CC1(NC(C)=O)CCOCC1. The van der Waals surface area contributed by atoms with Crippen molar-refractivity contribution in [2.24, 2.45) is 0 Å². The zero-order valence-electron chi connectivity index (χ0n) is 7.22. The molecule has 0 radical (unpaired) electrons. The van der Waals surface area contributed by atoms with Crippen LogP contribution in [0.4, 0.5) is 0 Å². The molecule has 0 aliphatic carbocycles. The second-order valence-corrected chi connectivity index (χ2v) is 3.02. The highest BCUT2D eigenvalue weighted by atomic mass is 16.5. The van der Waals surface area contributed by atoms with Crippen molar-refractivity contribution in [2.75, 3.05) is 13.2 Å². The van der Waals surface area contributed by atoms with Gasteiger partial charge in [0.25, 0.3) is 0 Å². The maximum Gasteiger partial charge on any atom is 0.218 e. The Labute approximate surface area is 72.5 Å². The van der Waals surface area contributed by atoms with Gasteiger partial charge in [-0.2, -0.15) is 0 Å². The fraction of sp³-hybridized carbons (Fsp3) is 0.667. The van der Waals surface area contributed by atoms with Gasteiger partial charge in [0.05, 0.1) is 0 Å². The van der Waals surface area contributed by atoms with Crippen molar-refractivity contribution in [3.63, 3.8) is 0 Å². The molecule has 1 N–H and O–H groups in total. The average Bonchev–Trinajstić information content (AvgIpc) is 2.05. The van der Waals surface area contributed by atoms with Gasteiger partial charge < -0.3 is 10.1 Å². The van der Waals surface area contributed by atoms with Gasteiger partial charge in [0.1, 0.15) is 5.54 Å². The van der Waals surface area contributed by atoms with Crippen LogP contribution < -0.4 is 5.32 Å². The topological polar surface area (TPSA) is 38.3 Å². The second-order valence-electron chi connectivity index (χ2n) is 3.02. The Morgan fingerprint density at radius 2 is 2.17 bits per heavy atom. The van der Waals surface area contributed by atoms with Crippen LogP contribution in [0.25, 0.3) is 0 Å². The van der Waals surface area contributed by atoms with Crippen molar-refractivity contribution in [3.8, 4) is 12.3 Å². The maximum absolute atomic E-state index is 10.8. The third-order valence-electron chi connectivity index (χ3n) is 2.04. The van der Waals surface area contributed by atoms with Gasteiger partial charge in [0.2, 0.25) is 5.91 Å². The molecule has 3 nitrogen and oxygen atoms in total. The molecule has 1 rings (SSSR count). The van der Waals surface area contributed by atoms with E-state index in [0.717, 1.165) is 0 Å². The van der Waals surface area contributed by atoms with Crippen molar-refractivity contribution in [2.45, 2.75) is 25.3 Å². The first-order valence-corrected chi connectivity index (χ1v) is 4.03. The van der Waals surface area contributed by atoms with Crippen LogP contribution in [0.1, 0.15) is 19.8 Å². The van der Waals surface area contributed by atoms with Gasteiger partial charge in [-0.25, -0.2) is 0 Å². The molecule has 66 valence electrons. The monoisotopic (exact) mass is 167 g/mol. The molecule has 1 fully saturated rings. The van der Waals surface area contributed by atoms with Gasteiger partial charge in [0, 0.05) is 33.0 Å². The summed E-state index contributed by atoms with van der Waals surface area (Å²) in [5.74, 6) is 2.56. The quantitative estimate of drug-likeness (QED) is 0.571. The molecule has 0 atom stereocenters. The number of amides is 1. The van der Waals surface area contributed by atoms with Crippen LogP contribution in [0.5, 0.6) is 0 Å². The summed E-state index contributed by atoms with van der Waals surface area (Å²) in [4.78, 5) is 10.8. The van der Waals surface area contributed by atoms with Crippen LogP contribution in [0.2, 0.25) is 0 Å². The van der Waals surface area contributed by atoms with Gasteiger partial charge in [-0.3, -0.25) is 4.79 Å². The van der Waals surface area contributed by atoms with Crippen molar-refractivity contribution < 1.29 is 9.53 Å². The van der Waals surface area contributed by atoms with E-state index in [1.54, 1.807) is 0 Å². The van der Waals surface area contributed by atoms with Gasteiger partial charge in [-0.1, -0.05) is 5.92 Å².